The fraction of sp³-hybridized carbons (Fsp3) is 0.292. The lowest BCUT2D eigenvalue weighted by Gasteiger charge is -2.30. The number of quaternary nitrogens is 1. The van der Waals surface area contributed by atoms with Gasteiger partial charge in [0.05, 0.1) is 11.9 Å². The third-order valence-corrected chi connectivity index (χ3v) is 6.81. The molecular formula is C24H23N2O3+. The molecule has 2 fully saturated rings. The zero-order valence-corrected chi connectivity index (χ0v) is 16.7. The van der Waals surface area contributed by atoms with Crippen molar-refractivity contribution < 1.29 is 19.3 Å². The summed E-state index contributed by atoms with van der Waals surface area (Å²) in [6, 6.07) is 12.8. The van der Waals surface area contributed by atoms with Crippen LogP contribution < -0.4 is 9.80 Å². The summed E-state index contributed by atoms with van der Waals surface area (Å²) >= 11 is 0. The minimum Gasteiger partial charge on any atom is -0.293 e. The van der Waals surface area contributed by atoms with Gasteiger partial charge >= 0.3 is 0 Å². The van der Waals surface area contributed by atoms with E-state index in [0.29, 0.717) is 5.69 Å². The lowest BCUT2D eigenvalue weighted by molar-refractivity contribution is -0.884. The van der Waals surface area contributed by atoms with Gasteiger partial charge in [-0.2, -0.15) is 0 Å². The van der Waals surface area contributed by atoms with Crippen LogP contribution in [-0.4, -0.2) is 23.6 Å². The number of carbonyl (C=O) groups is 3. The molecule has 146 valence electrons. The average molecular weight is 387 g/mol. The van der Waals surface area contributed by atoms with Crippen molar-refractivity contribution in [3.63, 3.8) is 0 Å². The molecule has 0 bridgehead atoms. The Balaban J connectivity index is 1.65. The van der Waals surface area contributed by atoms with Crippen molar-refractivity contribution in [2.45, 2.75) is 32.9 Å². The van der Waals surface area contributed by atoms with Gasteiger partial charge in [-0.1, -0.05) is 30.3 Å². The molecular weight excluding hydrogens is 364 g/mol. The molecule has 3 heterocycles. The molecule has 2 aromatic carbocycles. The second-order valence-electron chi connectivity index (χ2n) is 8.36. The highest BCUT2D eigenvalue weighted by atomic mass is 16.2. The Labute approximate surface area is 169 Å². The van der Waals surface area contributed by atoms with E-state index in [1.807, 2.05) is 68.6 Å². The first kappa shape index (κ1) is 18.0. The number of amides is 2. The van der Waals surface area contributed by atoms with Gasteiger partial charge in [-0.25, -0.2) is 4.90 Å². The highest BCUT2D eigenvalue weighted by Gasteiger charge is 2.67. The van der Waals surface area contributed by atoms with Crippen molar-refractivity contribution in [1.29, 1.82) is 0 Å². The van der Waals surface area contributed by atoms with Gasteiger partial charge in [0.1, 0.15) is 17.9 Å². The number of fused-ring (bicyclic) bond motifs is 5. The van der Waals surface area contributed by atoms with E-state index < -0.39 is 17.9 Å². The average Bonchev–Trinajstić information content (AvgIpc) is 3.17. The van der Waals surface area contributed by atoms with Crippen molar-refractivity contribution in [3.8, 4) is 0 Å². The van der Waals surface area contributed by atoms with Crippen LogP contribution in [0.1, 0.15) is 35.2 Å². The number of nitrogens with zero attached hydrogens (tertiary/aromatic N) is 1. The number of ketones is 1. The summed E-state index contributed by atoms with van der Waals surface area (Å²) in [6.45, 7) is 5.50. The van der Waals surface area contributed by atoms with Crippen LogP contribution >= 0.6 is 0 Å². The van der Waals surface area contributed by atoms with Crippen LogP contribution in [0.15, 0.2) is 48.7 Å². The predicted octanol–water partition coefficient (Wildman–Crippen LogP) is 1.99. The molecule has 0 aliphatic carbocycles. The molecule has 0 aromatic heterocycles. The molecule has 5 atom stereocenters. The molecule has 0 spiro atoms. The van der Waals surface area contributed by atoms with Crippen LogP contribution in [0.5, 0.6) is 0 Å². The Hall–Kier alpha value is -3.05. The maximum atomic E-state index is 13.6. The van der Waals surface area contributed by atoms with Gasteiger partial charge in [0.15, 0.2) is 11.8 Å². The SMILES string of the molecule is CC(=O)[C@@H]1[C@@H]2C(=O)N(c3ccc(C)c(C)c3)C(=O)[C@@H]2[C@H]2c3ccccc3C=C[NH+]12. The Morgan fingerprint density at radius 1 is 0.966 bits per heavy atom. The van der Waals surface area contributed by atoms with Crippen LogP contribution in [0.3, 0.4) is 0 Å². The van der Waals surface area contributed by atoms with E-state index >= 15 is 0 Å². The fourth-order valence-corrected chi connectivity index (χ4v) is 5.34. The Morgan fingerprint density at radius 3 is 2.41 bits per heavy atom. The Kier molecular flexibility index (Phi) is 3.87. The van der Waals surface area contributed by atoms with Gasteiger partial charge < -0.3 is 0 Å². The van der Waals surface area contributed by atoms with Crippen molar-refractivity contribution >= 4 is 29.4 Å². The summed E-state index contributed by atoms with van der Waals surface area (Å²) in [5, 5.41) is 0. The van der Waals surface area contributed by atoms with E-state index in [9.17, 15) is 14.4 Å². The number of Topliss-reactive ketones (excluding diaryl/α,β-unsaturated/α-hetero) is 1. The summed E-state index contributed by atoms with van der Waals surface area (Å²) < 4.78 is 0. The zero-order valence-electron chi connectivity index (χ0n) is 16.7. The van der Waals surface area contributed by atoms with Crippen LogP contribution in [-0.2, 0) is 14.4 Å². The quantitative estimate of drug-likeness (QED) is 0.802. The van der Waals surface area contributed by atoms with Crippen LogP contribution in [0.2, 0.25) is 0 Å². The van der Waals surface area contributed by atoms with Gasteiger partial charge in [0, 0.05) is 12.5 Å². The van der Waals surface area contributed by atoms with E-state index in [4.69, 9.17) is 0 Å². The van der Waals surface area contributed by atoms with Gasteiger partial charge in [-0.15, -0.1) is 0 Å². The molecule has 2 aromatic rings. The van der Waals surface area contributed by atoms with Gasteiger partial charge in [-0.3, -0.25) is 19.3 Å². The number of carbonyl (C=O) groups excluding carboxylic acids is 3. The summed E-state index contributed by atoms with van der Waals surface area (Å²) in [6.07, 6.45) is 3.95. The molecule has 29 heavy (non-hydrogen) atoms. The molecule has 5 nitrogen and oxygen atoms in total. The number of rotatable bonds is 2. The molecule has 1 N–H and O–H groups in total. The second kappa shape index (κ2) is 6.22. The topological polar surface area (TPSA) is 58.9 Å². The molecule has 3 aliphatic heterocycles. The fourth-order valence-electron chi connectivity index (χ4n) is 5.34. The van der Waals surface area contributed by atoms with Crippen LogP contribution in [0, 0.1) is 25.7 Å². The third-order valence-electron chi connectivity index (χ3n) is 6.81. The van der Waals surface area contributed by atoms with Crippen molar-refractivity contribution in [1.82, 2.24) is 0 Å². The molecule has 0 saturated carbocycles. The zero-order chi connectivity index (χ0) is 20.4. The molecule has 5 heteroatoms. The van der Waals surface area contributed by atoms with E-state index in [2.05, 4.69) is 0 Å². The van der Waals surface area contributed by atoms with E-state index in [1.54, 1.807) is 0 Å². The predicted molar refractivity (Wildman–Crippen MR) is 109 cm³/mol. The summed E-state index contributed by atoms with van der Waals surface area (Å²) in [4.78, 5) is 41.9. The molecule has 2 saturated heterocycles. The highest BCUT2D eigenvalue weighted by Crippen LogP contribution is 2.44. The smallest absolute Gasteiger partial charge is 0.244 e. The maximum Gasteiger partial charge on any atom is 0.244 e. The lowest BCUT2D eigenvalue weighted by atomic mass is 9.84. The first-order chi connectivity index (χ1) is 13.9. The standard InChI is InChI=1S/C24H22N2O3/c1-13-8-9-17(12-14(13)2)26-23(28)19-20(24(26)29)22-18-7-5-4-6-16(18)10-11-25(22)21(19)15(3)27/h4-12,19-22H,1-3H3/p+1/t19-,20+,21-,22-/m1/s1. The molecule has 2 amide bonds. The van der Waals surface area contributed by atoms with E-state index in [1.165, 1.54) is 11.8 Å². The van der Waals surface area contributed by atoms with Gasteiger partial charge in [0.2, 0.25) is 11.8 Å². The third kappa shape index (κ3) is 2.40. The van der Waals surface area contributed by atoms with Crippen LogP contribution in [0.25, 0.3) is 6.08 Å². The number of nitrogens with one attached hydrogen (secondary N) is 1. The van der Waals surface area contributed by atoms with Gasteiger partial charge in [0.25, 0.3) is 0 Å². The normalized spacial score (nSPS) is 29.6. The number of hydrogen-bond acceptors (Lipinski definition) is 3. The first-order valence-corrected chi connectivity index (χ1v) is 9.99. The van der Waals surface area contributed by atoms with Crippen molar-refractivity contribution in [3.05, 3.63) is 70.9 Å². The number of hydrogen-bond donors (Lipinski definition) is 1. The number of benzene rings is 2. The molecule has 5 rings (SSSR count). The Morgan fingerprint density at radius 2 is 1.69 bits per heavy atom. The highest BCUT2D eigenvalue weighted by molar-refractivity contribution is 6.23. The van der Waals surface area contributed by atoms with Crippen LogP contribution in [0.4, 0.5) is 5.69 Å². The maximum absolute atomic E-state index is 13.6. The minimum atomic E-state index is -0.627. The monoisotopic (exact) mass is 387 g/mol. The van der Waals surface area contributed by atoms with E-state index in [-0.39, 0.29) is 23.6 Å². The van der Waals surface area contributed by atoms with Crippen molar-refractivity contribution in [2.75, 3.05) is 4.90 Å². The number of anilines is 1. The summed E-state index contributed by atoms with van der Waals surface area (Å²) in [5.41, 5.74) is 4.82. The number of imide groups is 1. The Bertz CT molecular complexity index is 1100. The molecule has 1 unspecified atom stereocenters. The minimum absolute atomic E-state index is 0.0513. The molecule has 0 radical (unpaired) electrons. The van der Waals surface area contributed by atoms with Crippen molar-refractivity contribution in [2.24, 2.45) is 11.8 Å². The van der Waals surface area contributed by atoms with Gasteiger partial charge in [-0.05, 0) is 48.7 Å². The summed E-state index contributed by atoms with van der Waals surface area (Å²) in [5.74, 6) is -1.66. The largest absolute Gasteiger partial charge is 0.293 e. The number of aryl methyl sites for hydroxylation is 2. The summed E-state index contributed by atoms with van der Waals surface area (Å²) in [7, 11) is 0. The second-order valence-corrected chi connectivity index (χ2v) is 8.36. The first-order valence-electron chi connectivity index (χ1n) is 9.99. The van der Waals surface area contributed by atoms with E-state index in [0.717, 1.165) is 27.2 Å². The lowest BCUT2D eigenvalue weighted by Crippen LogP contribution is -3.12. The molecule has 3 aliphatic rings.